The van der Waals surface area contributed by atoms with E-state index in [2.05, 4.69) is 10.6 Å². The predicted molar refractivity (Wildman–Crippen MR) is 83.1 cm³/mol. The van der Waals surface area contributed by atoms with Gasteiger partial charge in [-0.05, 0) is 39.0 Å². The Balaban J connectivity index is 2.44. The van der Waals surface area contributed by atoms with Crippen molar-refractivity contribution in [3.8, 4) is 0 Å². The molecule has 0 unspecified atom stereocenters. The fourth-order valence-corrected chi connectivity index (χ4v) is 2.39. The molecule has 8 heteroatoms. The highest BCUT2D eigenvalue weighted by Crippen LogP contribution is 2.31. The number of hydrogen-bond acceptors (Lipinski definition) is 3. The quantitative estimate of drug-likeness (QED) is 0.805. The molecule has 0 saturated carbocycles. The van der Waals surface area contributed by atoms with Gasteiger partial charge in [0.1, 0.15) is 0 Å². The molecule has 0 aliphatic carbocycles. The minimum absolute atomic E-state index is 0.0654. The van der Waals surface area contributed by atoms with E-state index in [1.54, 1.807) is 0 Å². The van der Waals surface area contributed by atoms with Crippen molar-refractivity contribution >= 4 is 23.6 Å². The number of thioether (sulfide) groups is 1. The Morgan fingerprint density at radius 2 is 1.78 bits per heavy atom. The van der Waals surface area contributed by atoms with Gasteiger partial charge in [0.2, 0.25) is 11.8 Å². The maximum absolute atomic E-state index is 12.6. The van der Waals surface area contributed by atoms with Gasteiger partial charge in [0.15, 0.2) is 0 Å². The predicted octanol–water partition coefficient (Wildman–Crippen LogP) is 2.83. The zero-order chi connectivity index (χ0) is 17.7. The second kappa shape index (κ2) is 7.72. The fraction of sp³-hybridized carbons (Fsp3) is 0.467. The lowest BCUT2D eigenvalue weighted by atomic mass is 10.1. The fourth-order valence-electron chi connectivity index (χ4n) is 1.60. The number of amides is 2. The summed E-state index contributed by atoms with van der Waals surface area (Å²) in [5.41, 5.74) is -1.15. The van der Waals surface area contributed by atoms with Crippen molar-refractivity contribution in [3.05, 3.63) is 29.8 Å². The number of hydrogen-bond donors (Lipinski definition) is 2. The maximum atomic E-state index is 12.6. The number of carbonyl (C=O) groups excluding carboxylic acids is 2. The second-order valence-electron chi connectivity index (χ2n) is 5.89. The average Bonchev–Trinajstić information content (AvgIpc) is 2.40. The van der Waals surface area contributed by atoms with Crippen molar-refractivity contribution in [2.45, 2.75) is 37.4 Å². The number of nitrogens with one attached hydrogen (secondary N) is 2. The topological polar surface area (TPSA) is 58.2 Å². The van der Waals surface area contributed by atoms with Crippen LogP contribution in [0.2, 0.25) is 0 Å². The molecular weight excluding hydrogens is 329 g/mol. The molecule has 0 radical (unpaired) electrons. The minimum Gasteiger partial charge on any atom is -0.350 e. The Morgan fingerprint density at radius 3 is 2.35 bits per heavy atom. The normalized spacial score (nSPS) is 11.9. The Bertz CT molecular complexity index is 569. The molecule has 0 fully saturated rings. The first-order valence-electron chi connectivity index (χ1n) is 6.85. The largest absolute Gasteiger partial charge is 0.416 e. The lowest BCUT2D eigenvalue weighted by Gasteiger charge is -2.20. The molecule has 1 rings (SSSR count). The summed E-state index contributed by atoms with van der Waals surface area (Å²) < 4.78 is 37.7. The summed E-state index contributed by atoms with van der Waals surface area (Å²) >= 11 is 0.980. The Morgan fingerprint density at radius 1 is 1.13 bits per heavy atom. The van der Waals surface area contributed by atoms with Crippen molar-refractivity contribution in [2.24, 2.45) is 0 Å². The van der Waals surface area contributed by atoms with E-state index < -0.39 is 23.2 Å². The van der Waals surface area contributed by atoms with Crippen molar-refractivity contribution in [3.63, 3.8) is 0 Å². The first-order valence-corrected chi connectivity index (χ1v) is 7.84. The number of halogens is 3. The van der Waals surface area contributed by atoms with Crippen LogP contribution in [0.3, 0.4) is 0 Å². The van der Waals surface area contributed by atoms with Crippen LogP contribution < -0.4 is 10.6 Å². The highest BCUT2D eigenvalue weighted by molar-refractivity contribution is 8.00. The molecule has 1 aromatic carbocycles. The van der Waals surface area contributed by atoms with Crippen LogP contribution in [-0.4, -0.2) is 29.7 Å². The van der Waals surface area contributed by atoms with E-state index in [4.69, 9.17) is 0 Å². The summed E-state index contributed by atoms with van der Waals surface area (Å²) in [4.78, 5) is 23.5. The molecule has 0 spiro atoms. The van der Waals surface area contributed by atoms with Gasteiger partial charge < -0.3 is 10.6 Å². The van der Waals surface area contributed by atoms with E-state index in [1.165, 1.54) is 12.1 Å². The van der Waals surface area contributed by atoms with E-state index in [0.717, 1.165) is 23.9 Å². The van der Waals surface area contributed by atoms with Gasteiger partial charge >= 0.3 is 6.18 Å². The molecule has 2 amide bonds. The molecule has 0 bridgehead atoms. The zero-order valence-electron chi connectivity index (χ0n) is 13.1. The molecular formula is C15H19F3N2O2S. The summed E-state index contributed by atoms with van der Waals surface area (Å²) in [7, 11) is 0. The smallest absolute Gasteiger partial charge is 0.350 e. The molecule has 0 heterocycles. The molecule has 1 aromatic rings. The van der Waals surface area contributed by atoms with Crippen LogP contribution in [0.1, 0.15) is 26.3 Å². The summed E-state index contributed by atoms with van der Waals surface area (Å²) in [5.74, 6) is -0.809. The molecule has 128 valence electrons. The first-order chi connectivity index (χ1) is 10.5. The van der Waals surface area contributed by atoms with Gasteiger partial charge in [0.05, 0.1) is 17.9 Å². The van der Waals surface area contributed by atoms with Crippen LogP contribution in [0.15, 0.2) is 29.2 Å². The lowest BCUT2D eigenvalue weighted by molar-refractivity contribution is -0.137. The molecule has 0 atom stereocenters. The molecule has 0 aliphatic heterocycles. The van der Waals surface area contributed by atoms with Crippen LogP contribution in [-0.2, 0) is 15.8 Å². The van der Waals surface area contributed by atoms with E-state index in [9.17, 15) is 22.8 Å². The van der Waals surface area contributed by atoms with E-state index in [0.29, 0.717) is 4.90 Å². The number of carbonyl (C=O) groups is 2. The van der Waals surface area contributed by atoms with Gasteiger partial charge in [-0.25, -0.2) is 0 Å². The molecule has 23 heavy (non-hydrogen) atoms. The highest BCUT2D eigenvalue weighted by atomic mass is 32.2. The zero-order valence-corrected chi connectivity index (χ0v) is 13.9. The molecule has 2 N–H and O–H groups in total. The summed E-state index contributed by atoms with van der Waals surface area (Å²) in [6.07, 6.45) is -4.41. The number of rotatable bonds is 5. The van der Waals surface area contributed by atoms with Gasteiger partial charge in [-0.3, -0.25) is 9.59 Å². The van der Waals surface area contributed by atoms with E-state index in [1.807, 2.05) is 20.8 Å². The van der Waals surface area contributed by atoms with Crippen molar-refractivity contribution in [1.82, 2.24) is 10.6 Å². The van der Waals surface area contributed by atoms with Crippen LogP contribution >= 0.6 is 11.8 Å². The first kappa shape index (κ1) is 19.3. The van der Waals surface area contributed by atoms with Gasteiger partial charge in [-0.15, -0.1) is 11.8 Å². The third-order valence-electron chi connectivity index (χ3n) is 2.49. The summed E-state index contributed by atoms with van der Waals surface area (Å²) in [5, 5.41) is 5.11. The van der Waals surface area contributed by atoms with Crippen LogP contribution in [0, 0.1) is 0 Å². The van der Waals surface area contributed by atoms with Crippen molar-refractivity contribution < 1.29 is 22.8 Å². The van der Waals surface area contributed by atoms with Crippen LogP contribution in [0.25, 0.3) is 0 Å². The van der Waals surface area contributed by atoms with E-state index in [-0.39, 0.29) is 18.2 Å². The van der Waals surface area contributed by atoms with Gasteiger partial charge in [-0.2, -0.15) is 13.2 Å². The summed E-state index contributed by atoms with van der Waals surface area (Å²) in [6.45, 7) is 5.28. The third-order valence-corrected chi connectivity index (χ3v) is 3.49. The molecule has 0 aromatic heterocycles. The monoisotopic (exact) mass is 348 g/mol. The maximum Gasteiger partial charge on any atom is 0.416 e. The standard InChI is InChI=1S/C15H19F3N2O2S/c1-14(2,3)20-12(21)8-19-13(22)9-23-11-6-4-5-10(7-11)15(16,17)18/h4-7H,8-9H2,1-3H3,(H,19,22)(H,20,21). The Labute approximate surface area is 137 Å². The van der Waals surface area contributed by atoms with Crippen molar-refractivity contribution in [1.29, 1.82) is 0 Å². The number of alkyl halides is 3. The third kappa shape index (κ3) is 7.92. The Hall–Kier alpha value is -1.70. The molecule has 0 saturated heterocycles. The van der Waals surface area contributed by atoms with E-state index >= 15 is 0 Å². The average molecular weight is 348 g/mol. The van der Waals surface area contributed by atoms with Crippen LogP contribution in [0.5, 0.6) is 0 Å². The van der Waals surface area contributed by atoms with Gasteiger partial charge in [0, 0.05) is 10.4 Å². The van der Waals surface area contributed by atoms with Gasteiger partial charge in [0.25, 0.3) is 0 Å². The number of benzene rings is 1. The molecule has 4 nitrogen and oxygen atoms in total. The highest BCUT2D eigenvalue weighted by Gasteiger charge is 2.30. The minimum atomic E-state index is -4.41. The lowest BCUT2D eigenvalue weighted by Crippen LogP contribution is -2.46. The molecule has 0 aliphatic rings. The Kier molecular flexibility index (Phi) is 6.49. The second-order valence-corrected chi connectivity index (χ2v) is 6.94. The van der Waals surface area contributed by atoms with Crippen molar-refractivity contribution in [2.75, 3.05) is 12.3 Å². The van der Waals surface area contributed by atoms with Crippen LogP contribution in [0.4, 0.5) is 13.2 Å². The van der Waals surface area contributed by atoms with Gasteiger partial charge in [-0.1, -0.05) is 6.07 Å². The SMILES string of the molecule is CC(C)(C)NC(=O)CNC(=O)CSc1cccc(C(F)(F)F)c1. The summed E-state index contributed by atoms with van der Waals surface area (Å²) in [6, 6.07) is 4.75.